The van der Waals surface area contributed by atoms with Crippen LogP contribution in [-0.4, -0.2) is 57.7 Å². The molecule has 6 heteroatoms. The lowest BCUT2D eigenvalue weighted by atomic mass is 10.2. The van der Waals surface area contributed by atoms with E-state index in [1.807, 2.05) is 37.3 Å². The smallest absolute Gasteiger partial charge is 0.335 e. The topological polar surface area (TPSA) is 58.4 Å². The van der Waals surface area contributed by atoms with E-state index in [-0.39, 0.29) is 11.9 Å². The van der Waals surface area contributed by atoms with Crippen molar-refractivity contribution >= 4 is 11.9 Å². The van der Waals surface area contributed by atoms with Crippen LogP contribution >= 0.6 is 0 Å². The van der Waals surface area contributed by atoms with E-state index in [1.54, 1.807) is 22.2 Å². The second-order valence-electron chi connectivity index (χ2n) is 5.39. The highest BCUT2D eigenvalue weighted by atomic mass is 16.2. The van der Waals surface area contributed by atoms with Crippen molar-refractivity contribution in [1.29, 1.82) is 0 Å². The van der Waals surface area contributed by atoms with Crippen molar-refractivity contribution in [3.8, 4) is 0 Å². The molecule has 0 radical (unpaired) electrons. The molecule has 2 amide bonds. The monoisotopic (exact) mass is 298 g/mol. The van der Waals surface area contributed by atoms with Crippen LogP contribution in [0.15, 0.2) is 42.7 Å². The van der Waals surface area contributed by atoms with E-state index < -0.39 is 0 Å². The van der Waals surface area contributed by atoms with E-state index in [4.69, 9.17) is 0 Å². The molecule has 0 N–H and O–H groups in total. The second-order valence-corrected chi connectivity index (χ2v) is 5.39. The normalized spacial score (nSPS) is 15.0. The molecule has 114 valence electrons. The zero-order chi connectivity index (χ0) is 15.5. The molecule has 6 nitrogen and oxygen atoms in total. The molecule has 0 bridgehead atoms. The Bertz CT molecular complexity index is 672. The van der Waals surface area contributed by atoms with Gasteiger partial charge in [0.25, 0.3) is 5.91 Å². The van der Waals surface area contributed by atoms with Crippen molar-refractivity contribution in [2.24, 2.45) is 0 Å². The average Bonchev–Trinajstić information content (AvgIpc) is 3.01. The summed E-state index contributed by atoms with van der Waals surface area (Å²) in [6.07, 6.45) is 3.37. The van der Waals surface area contributed by atoms with E-state index in [1.165, 1.54) is 4.68 Å². The summed E-state index contributed by atoms with van der Waals surface area (Å²) in [4.78, 5) is 28.1. The van der Waals surface area contributed by atoms with E-state index >= 15 is 0 Å². The quantitative estimate of drug-likeness (QED) is 0.804. The first-order valence-electron chi connectivity index (χ1n) is 7.30. The first-order valence-corrected chi connectivity index (χ1v) is 7.30. The molecular weight excluding hydrogens is 280 g/mol. The van der Waals surface area contributed by atoms with E-state index in [2.05, 4.69) is 5.10 Å². The van der Waals surface area contributed by atoms with Gasteiger partial charge in [-0.05, 0) is 24.6 Å². The number of carbonyl (C=O) groups excluding carboxylic acids is 2. The van der Waals surface area contributed by atoms with Gasteiger partial charge in [-0.1, -0.05) is 18.2 Å². The Morgan fingerprint density at radius 3 is 2.23 bits per heavy atom. The molecular formula is C16H18N4O2. The number of rotatable bonds is 1. The number of aryl methyl sites for hydroxylation is 1. The summed E-state index contributed by atoms with van der Waals surface area (Å²) in [7, 11) is 0. The van der Waals surface area contributed by atoms with Crippen molar-refractivity contribution in [1.82, 2.24) is 19.6 Å². The highest BCUT2D eigenvalue weighted by Crippen LogP contribution is 2.10. The van der Waals surface area contributed by atoms with Crippen molar-refractivity contribution < 1.29 is 9.59 Å². The van der Waals surface area contributed by atoms with Gasteiger partial charge >= 0.3 is 6.03 Å². The minimum absolute atomic E-state index is 0.0163. The molecule has 0 saturated carbocycles. The van der Waals surface area contributed by atoms with Gasteiger partial charge < -0.3 is 9.80 Å². The number of hydrogen-bond donors (Lipinski definition) is 0. The van der Waals surface area contributed by atoms with E-state index in [0.29, 0.717) is 31.7 Å². The molecule has 2 heterocycles. The highest BCUT2D eigenvalue weighted by molar-refractivity contribution is 5.94. The summed E-state index contributed by atoms with van der Waals surface area (Å²) in [5.41, 5.74) is 1.64. The third-order valence-corrected chi connectivity index (χ3v) is 3.77. The van der Waals surface area contributed by atoms with Crippen molar-refractivity contribution in [2.75, 3.05) is 26.2 Å². The fourth-order valence-electron chi connectivity index (χ4n) is 2.53. The van der Waals surface area contributed by atoms with Gasteiger partial charge in [-0.25, -0.2) is 4.79 Å². The first-order chi connectivity index (χ1) is 10.6. The molecule has 1 aromatic carbocycles. The Hall–Kier alpha value is -2.63. The maximum atomic E-state index is 12.4. The van der Waals surface area contributed by atoms with Crippen LogP contribution in [-0.2, 0) is 0 Å². The average molecular weight is 298 g/mol. The fraction of sp³-hybridized carbons (Fsp3) is 0.312. The number of amides is 2. The molecule has 1 fully saturated rings. The maximum Gasteiger partial charge on any atom is 0.344 e. The minimum atomic E-state index is -0.139. The van der Waals surface area contributed by atoms with Crippen molar-refractivity contribution in [2.45, 2.75) is 6.92 Å². The van der Waals surface area contributed by atoms with Crippen LogP contribution in [0.2, 0.25) is 0 Å². The van der Waals surface area contributed by atoms with E-state index in [0.717, 1.165) is 5.56 Å². The Balaban J connectivity index is 1.61. The molecule has 3 rings (SSSR count). The molecule has 0 spiro atoms. The van der Waals surface area contributed by atoms with Crippen LogP contribution in [0.5, 0.6) is 0 Å². The van der Waals surface area contributed by atoms with Crippen LogP contribution in [0.3, 0.4) is 0 Å². The number of piperazine rings is 1. The molecule has 22 heavy (non-hydrogen) atoms. The van der Waals surface area contributed by atoms with Gasteiger partial charge in [0.2, 0.25) is 0 Å². The zero-order valence-corrected chi connectivity index (χ0v) is 12.5. The first kappa shape index (κ1) is 14.3. The summed E-state index contributed by atoms with van der Waals surface area (Å²) in [6.45, 7) is 4.03. The van der Waals surface area contributed by atoms with Gasteiger partial charge in [-0.2, -0.15) is 9.78 Å². The van der Waals surface area contributed by atoms with Crippen LogP contribution in [0.25, 0.3) is 0 Å². The molecule has 1 saturated heterocycles. The van der Waals surface area contributed by atoms with Crippen LogP contribution < -0.4 is 0 Å². The van der Waals surface area contributed by atoms with Gasteiger partial charge in [0.05, 0.1) is 6.20 Å². The fourth-order valence-corrected chi connectivity index (χ4v) is 2.53. The van der Waals surface area contributed by atoms with Gasteiger partial charge in [0, 0.05) is 37.9 Å². The number of aromatic nitrogens is 2. The number of carbonyl (C=O) groups is 2. The lowest BCUT2D eigenvalue weighted by Crippen LogP contribution is -2.51. The number of benzene rings is 1. The minimum Gasteiger partial charge on any atom is -0.335 e. The maximum absolute atomic E-state index is 12.4. The number of hydrogen-bond acceptors (Lipinski definition) is 3. The largest absolute Gasteiger partial charge is 0.344 e. The summed E-state index contributed by atoms with van der Waals surface area (Å²) in [6, 6.07) is 9.08. The molecule has 0 atom stereocenters. The summed E-state index contributed by atoms with van der Waals surface area (Å²) in [5.74, 6) is 0.0163. The van der Waals surface area contributed by atoms with Gasteiger partial charge in [0.1, 0.15) is 0 Å². The molecule has 0 unspecified atom stereocenters. The standard InChI is InChI=1S/C16H18N4O2/c1-13-11-17-20(12-13)16(22)19-9-7-18(8-10-19)15(21)14-5-3-2-4-6-14/h2-6,11-12H,7-10H2,1H3. The van der Waals surface area contributed by atoms with E-state index in [9.17, 15) is 9.59 Å². The summed E-state index contributed by atoms with van der Waals surface area (Å²) >= 11 is 0. The molecule has 1 aliphatic heterocycles. The lowest BCUT2D eigenvalue weighted by molar-refractivity contribution is 0.0664. The summed E-state index contributed by atoms with van der Waals surface area (Å²) < 4.78 is 1.35. The Morgan fingerprint density at radius 2 is 1.64 bits per heavy atom. The Labute approximate surface area is 128 Å². The highest BCUT2D eigenvalue weighted by Gasteiger charge is 2.25. The summed E-state index contributed by atoms with van der Waals surface area (Å²) in [5, 5.41) is 4.04. The predicted octanol–water partition coefficient (Wildman–Crippen LogP) is 1.62. The van der Waals surface area contributed by atoms with Crippen molar-refractivity contribution in [3.05, 3.63) is 53.9 Å². The third-order valence-electron chi connectivity index (χ3n) is 3.77. The molecule has 1 aromatic heterocycles. The molecule has 1 aliphatic rings. The van der Waals surface area contributed by atoms with Gasteiger partial charge in [0.15, 0.2) is 0 Å². The predicted molar refractivity (Wildman–Crippen MR) is 81.7 cm³/mol. The van der Waals surface area contributed by atoms with Gasteiger partial charge in [-0.15, -0.1) is 0 Å². The zero-order valence-electron chi connectivity index (χ0n) is 12.5. The third kappa shape index (κ3) is 2.86. The lowest BCUT2D eigenvalue weighted by Gasteiger charge is -2.34. The SMILES string of the molecule is Cc1cnn(C(=O)N2CCN(C(=O)c3ccccc3)CC2)c1. The molecule has 0 aliphatic carbocycles. The number of nitrogens with zero attached hydrogens (tertiary/aromatic N) is 4. The van der Waals surface area contributed by atoms with Crippen LogP contribution in [0.1, 0.15) is 15.9 Å². The Kier molecular flexibility index (Phi) is 3.91. The van der Waals surface area contributed by atoms with Crippen LogP contribution in [0.4, 0.5) is 4.79 Å². The Morgan fingerprint density at radius 1 is 1.00 bits per heavy atom. The van der Waals surface area contributed by atoms with Gasteiger partial charge in [-0.3, -0.25) is 4.79 Å². The van der Waals surface area contributed by atoms with Crippen molar-refractivity contribution in [3.63, 3.8) is 0 Å². The second kappa shape index (κ2) is 6.01. The molecule has 2 aromatic rings. The van der Waals surface area contributed by atoms with Crippen LogP contribution in [0, 0.1) is 6.92 Å².